The fourth-order valence-electron chi connectivity index (χ4n) is 3.21. The Kier molecular flexibility index (Phi) is 4.81. The van der Waals surface area contributed by atoms with E-state index in [2.05, 4.69) is 4.98 Å². The fraction of sp³-hybridized carbons (Fsp3) is 0.130. The Hall–Kier alpha value is -3.60. The van der Waals surface area contributed by atoms with Crippen LogP contribution in [0.1, 0.15) is 16.1 Å². The van der Waals surface area contributed by atoms with E-state index in [1.807, 2.05) is 109 Å². The van der Waals surface area contributed by atoms with Gasteiger partial charge in [-0.05, 0) is 48.5 Å². The monoisotopic (exact) mass is 370 g/mol. The number of imidazole rings is 1. The van der Waals surface area contributed by atoms with Crippen LogP contribution >= 0.6 is 0 Å². The van der Waals surface area contributed by atoms with Crippen molar-refractivity contribution in [3.8, 4) is 0 Å². The summed E-state index contributed by atoms with van der Waals surface area (Å²) >= 11 is 0. The molecule has 2 aromatic heterocycles. The Morgan fingerprint density at radius 2 is 1.61 bits per heavy atom. The number of hydrogen-bond acceptors (Lipinski definition) is 3. The first kappa shape index (κ1) is 17.8. The van der Waals surface area contributed by atoms with Crippen molar-refractivity contribution < 1.29 is 4.79 Å². The van der Waals surface area contributed by atoms with Gasteiger partial charge in [-0.25, -0.2) is 4.98 Å². The van der Waals surface area contributed by atoms with E-state index in [-0.39, 0.29) is 5.91 Å². The molecule has 0 aliphatic heterocycles. The molecule has 5 heteroatoms. The van der Waals surface area contributed by atoms with Crippen LogP contribution in [0.5, 0.6) is 0 Å². The molecule has 0 bridgehead atoms. The number of rotatable bonds is 5. The maximum atomic E-state index is 13.4. The standard InChI is InChI=1S/C23H22N4O/c1-25(2)19-13-11-18(12-14-19)23(28)27(20-8-4-3-5-9-20)17-21-16-24-22-10-6-7-15-26(21)22/h3-16H,17H2,1-2H3. The van der Waals surface area contributed by atoms with E-state index in [1.54, 1.807) is 4.90 Å². The number of pyridine rings is 1. The largest absolute Gasteiger partial charge is 0.378 e. The highest BCUT2D eigenvalue weighted by Crippen LogP contribution is 2.22. The lowest BCUT2D eigenvalue weighted by Gasteiger charge is -2.23. The molecule has 28 heavy (non-hydrogen) atoms. The van der Waals surface area contributed by atoms with Crippen LogP contribution in [-0.2, 0) is 6.54 Å². The second kappa shape index (κ2) is 7.56. The summed E-state index contributed by atoms with van der Waals surface area (Å²) in [4.78, 5) is 21.6. The number of para-hydroxylation sites is 1. The molecule has 0 radical (unpaired) electrons. The lowest BCUT2D eigenvalue weighted by atomic mass is 10.1. The van der Waals surface area contributed by atoms with Crippen LogP contribution in [0.25, 0.3) is 5.65 Å². The fourth-order valence-corrected chi connectivity index (χ4v) is 3.21. The lowest BCUT2D eigenvalue weighted by Crippen LogP contribution is -2.31. The highest BCUT2D eigenvalue weighted by atomic mass is 16.2. The van der Waals surface area contributed by atoms with E-state index < -0.39 is 0 Å². The lowest BCUT2D eigenvalue weighted by molar-refractivity contribution is 0.0985. The third-order valence-electron chi connectivity index (χ3n) is 4.76. The number of amides is 1. The number of fused-ring (bicyclic) bond motifs is 1. The Morgan fingerprint density at radius 1 is 0.893 bits per heavy atom. The van der Waals surface area contributed by atoms with Gasteiger partial charge in [0.15, 0.2) is 0 Å². The summed E-state index contributed by atoms with van der Waals surface area (Å²) < 4.78 is 2.01. The summed E-state index contributed by atoms with van der Waals surface area (Å²) in [5, 5.41) is 0. The molecule has 0 spiro atoms. The molecule has 2 heterocycles. The molecular weight excluding hydrogens is 348 g/mol. The quantitative estimate of drug-likeness (QED) is 0.527. The van der Waals surface area contributed by atoms with Gasteiger partial charge in [-0.2, -0.15) is 0 Å². The predicted molar refractivity (Wildman–Crippen MR) is 113 cm³/mol. The number of carbonyl (C=O) groups excluding carboxylic acids is 1. The van der Waals surface area contributed by atoms with Gasteiger partial charge in [-0.3, -0.25) is 4.79 Å². The summed E-state index contributed by atoms with van der Waals surface area (Å²) in [6.07, 6.45) is 3.80. The minimum Gasteiger partial charge on any atom is -0.378 e. The molecule has 0 saturated carbocycles. The van der Waals surface area contributed by atoms with Crippen molar-refractivity contribution >= 4 is 22.9 Å². The average Bonchev–Trinajstić information content (AvgIpc) is 3.15. The molecule has 0 aliphatic rings. The second-order valence-corrected chi connectivity index (χ2v) is 6.85. The maximum Gasteiger partial charge on any atom is 0.258 e. The van der Waals surface area contributed by atoms with E-state index in [4.69, 9.17) is 0 Å². The van der Waals surface area contributed by atoms with Crippen molar-refractivity contribution in [1.29, 1.82) is 0 Å². The van der Waals surface area contributed by atoms with Crippen molar-refractivity contribution in [2.24, 2.45) is 0 Å². The van der Waals surface area contributed by atoms with Crippen molar-refractivity contribution in [3.05, 3.63) is 96.4 Å². The van der Waals surface area contributed by atoms with E-state index >= 15 is 0 Å². The summed E-state index contributed by atoms with van der Waals surface area (Å²) in [6.45, 7) is 0.434. The summed E-state index contributed by atoms with van der Waals surface area (Å²) in [7, 11) is 3.97. The van der Waals surface area contributed by atoms with Gasteiger partial charge in [0.25, 0.3) is 5.91 Å². The van der Waals surface area contributed by atoms with Crippen molar-refractivity contribution in [2.75, 3.05) is 23.9 Å². The van der Waals surface area contributed by atoms with Crippen molar-refractivity contribution in [1.82, 2.24) is 9.38 Å². The summed E-state index contributed by atoms with van der Waals surface area (Å²) in [6, 6.07) is 23.3. The van der Waals surface area contributed by atoms with Crippen LogP contribution in [0.2, 0.25) is 0 Å². The minimum absolute atomic E-state index is 0.0395. The zero-order valence-corrected chi connectivity index (χ0v) is 16.0. The number of aromatic nitrogens is 2. The van der Waals surface area contributed by atoms with Gasteiger partial charge in [-0.1, -0.05) is 24.3 Å². The molecule has 0 aliphatic carbocycles. The first-order chi connectivity index (χ1) is 13.6. The Bertz CT molecular complexity index is 1080. The van der Waals surface area contributed by atoms with E-state index in [0.29, 0.717) is 12.1 Å². The van der Waals surface area contributed by atoms with Gasteiger partial charge in [0.05, 0.1) is 18.4 Å². The minimum atomic E-state index is -0.0395. The molecule has 0 unspecified atom stereocenters. The number of hydrogen-bond donors (Lipinski definition) is 0. The van der Waals surface area contributed by atoms with E-state index in [0.717, 1.165) is 22.7 Å². The van der Waals surface area contributed by atoms with E-state index in [9.17, 15) is 4.79 Å². The van der Waals surface area contributed by atoms with Gasteiger partial charge in [0, 0.05) is 37.2 Å². The van der Waals surface area contributed by atoms with Crippen LogP contribution in [0.3, 0.4) is 0 Å². The van der Waals surface area contributed by atoms with Gasteiger partial charge < -0.3 is 14.2 Å². The maximum absolute atomic E-state index is 13.4. The highest BCUT2D eigenvalue weighted by molar-refractivity contribution is 6.06. The van der Waals surface area contributed by atoms with Crippen molar-refractivity contribution in [3.63, 3.8) is 0 Å². The smallest absolute Gasteiger partial charge is 0.258 e. The topological polar surface area (TPSA) is 40.9 Å². The summed E-state index contributed by atoms with van der Waals surface area (Å²) in [5.41, 5.74) is 4.40. The first-order valence-electron chi connectivity index (χ1n) is 9.19. The normalized spacial score (nSPS) is 10.8. The Labute approximate surface area is 164 Å². The third-order valence-corrected chi connectivity index (χ3v) is 4.76. The molecule has 140 valence electrons. The molecular formula is C23H22N4O. The summed E-state index contributed by atoms with van der Waals surface area (Å²) in [5.74, 6) is -0.0395. The Balaban J connectivity index is 1.70. The van der Waals surface area contributed by atoms with Crippen LogP contribution < -0.4 is 9.80 Å². The third kappa shape index (κ3) is 3.47. The number of nitrogens with zero attached hydrogens (tertiary/aromatic N) is 4. The molecule has 0 N–H and O–H groups in total. The molecule has 0 saturated heterocycles. The molecule has 2 aromatic carbocycles. The van der Waals surface area contributed by atoms with Crippen molar-refractivity contribution in [2.45, 2.75) is 6.54 Å². The zero-order valence-electron chi connectivity index (χ0n) is 16.0. The van der Waals surface area contributed by atoms with Crippen LogP contribution in [0.15, 0.2) is 85.2 Å². The molecule has 4 rings (SSSR count). The van der Waals surface area contributed by atoms with Gasteiger partial charge >= 0.3 is 0 Å². The van der Waals surface area contributed by atoms with Gasteiger partial charge in [0.2, 0.25) is 0 Å². The Morgan fingerprint density at radius 3 is 2.32 bits per heavy atom. The van der Waals surface area contributed by atoms with Crippen LogP contribution in [0.4, 0.5) is 11.4 Å². The van der Waals surface area contributed by atoms with Crippen LogP contribution in [0, 0.1) is 0 Å². The number of benzene rings is 2. The average molecular weight is 370 g/mol. The van der Waals surface area contributed by atoms with Gasteiger partial charge in [0.1, 0.15) is 5.65 Å². The molecule has 5 nitrogen and oxygen atoms in total. The number of carbonyl (C=O) groups is 1. The first-order valence-corrected chi connectivity index (χ1v) is 9.19. The van der Waals surface area contributed by atoms with Gasteiger partial charge in [-0.15, -0.1) is 0 Å². The van der Waals surface area contributed by atoms with Crippen LogP contribution in [-0.4, -0.2) is 29.4 Å². The SMILES string of the molecule is CN(C)c1ccc(C(=O)N(Cc2cnc3ccccn23)c2ccccc2)cc1. The van der Waals surface area contributed by atoms with E-state index in [1.165, 1.54) is 0 Å². The molecule has 4 aromatic rings. The molecule has 0 atom stereocenters. The second-order valence-electron chi connectivity index (χ2n) is 6.85. The highest BCUT2D eigenvalue weighted by Gasteiger charge is 2.20. The molecule has 1 amide bonds. The zero-order chi connectivity index (χ0) is 19.5. The number of anilines is 2. The molecule has 0 fully saturated rings. The predicted octanol–water partition coefficient (Wildman–Crippen LogP) is 4.25.